The summed E-state index contributed by atoms with van der Waals surface area (Å²) in [6.07, 6.45) is 68.1. The Morgan fingerprint density at radius 3 is 0.539 bits per heavy atom. The molecule has 8 aromatic carbocycles. The van der Waals surface area contributed by atoms with Crippen molar-refractivity contribution in [2.45, 2.75) is 437 Å². The van der Waals surface area contributed by atoms with E-state index in [0.717, 1.165) is 165 Å². The van der Waals surface area contributed by atoms with Gasteiger partial charge >= 0.3 is 0 Å². The van der Waals surface area contributed by atoms with Crippen molar-refractivity contribution in [2.75, 3.05) is 0 Å². The highest BCUT2D eigenvalue weighted by molar-refractivity contribution is 5.68. The monoisotopic (exact) mass is 1740 g/mol. The molecule has 8 aliphatic rings. The number of unbranched alkanes of at least 4 members (excludes halogenated alkanes) is 5. The van der Waals surface area contributed by atoms with Gasteiger partial charge in [-0.05, 0) is 413 Å². The maximum Gasteiger partial charge on any atom is 0.127 e. The average molecular weight is 1740 g/mol. The summed E-state index contributed by atoms with van der Waals surface area (Å²) in [7, 11) is 0. The molecule has 0 aliphatic heterocycles. The van der Waals surface area contributed by atoms with Crippen molar-refractivity contribution < 1.29 is 17.6 Å². The van der Waals surface area contributed by atoms with Crippen LogP contribution in [0.4, 0.5) is 17.6 Å². The first kappa shape index (κ1) is 99.0. The Balaban J connectivity index is 0.000000146. The van der Waals surface area contributed by atoms with Crippen molar-refractivity contribution in [3.63, 3.8) is 0 Å². The fourth-order valence-corrected chi connectivity index (χ4v) is 25.7. The number of hydrogen-bond acceptors (Lipinski definition) is 0. The van der Waals surface area contributed by atoms with Crippen LogP contribution >= 0.6 is 0 Å². The molecule has 696 valence electrons. The highest BCUT2D eigenvalue weighted by Gasteiger charge is 2.32. The summed E-state index contributed by atoms with van der Waals surface area (Å²) in [6.45, 7) is 18.3. The van der Waals surface area contributed by atoms with Gasteiger partial charge in [-0.2, -0.15) is 0 Å². The van der Waals surface area contributed by atoms with Gasteiger partial charge in [0.05, 0.1) is 0 Å². The van der Waals surface area contributed by atoms with Crippen LogP contribution in [-0.2, 0) is 0 Å². The zero-order valence-electron chi connectivity index (χ0n) is 81.7. The lowest BCUT2D eigenvalue weighted by Gasteiger charge is -2.29. The number of benzene rings is 8. The van der Waals surface area contributed by atoms with Crippen LogP contribution in [0.3, 0.4) is 0 Å². The molecule has 8 aliphatic carbocycles. The van der Waals surface area contributed by atoms with E-state index in [2.05, 4.69) is 201 Å². The van der Waals surface area contributed by atoms with Crippen LogP contribution in [0.15, 0.2) is 170 Å². The lowest BCUT2D eigenvalue weighted by Crippen LogP contribution is -2.14. The molecule has 128 heavy (non-hydrogen) atoms. The van der Waals surface area contributed by atoms with Crippen LogP contribution in [-0.4, -0.2) is 0 Å². The molecule has 0 spiro atoms. The normalized spacial score (nSPS) is 26.2. The van der Waals surface area contributed by atoms with Crippen LogP contribution in [0.5, 0.6) is 0 Å². The number of rotatable bonds is 32. The van der Waals surface area contributed by atoms with E-state index < -0.39 is 0 Å². The van der Waals surface area contributed by atoms with Crippen molar-refractivity contribution in [2.24, 2.45) is 47.3 Å². The van der Waals surface area contributed by atoms with Gasteiger partial charge in [0.15, 0.2) is 0 Å². The SMILES string of the molecule is CCCC1CCC(c2ccc(-c3ccc(C4CCC(CCC)CC4)c(F)c3)cc2)CC1.CCCCC1CCC(c2ccc(-c3ccc(C4CCC(CCC)CC4)c(F)c3)cc2)CC1.CCCCCC1CCC(c2ccc(-c3ccc(C4CCC(CC)CC4)c(F)c3)cc2)CC1.CCCCCC1CCC(c2ccc(-c3ccc(C4CCC(CCC)CC4)c(F)c3)cc2)CC1. The zero-order valence-corrected chi connectivity index (χ0v) is 81.7. The van der Waals surface area contributed by atoms with Gasteiger partial charge in [-0.1, -0.05) is 329 Å². The molecule has 8 fully saturated rings. The molecule has 0 unspecified atom stereocenters. The fourth-order valence-electron chi connectivity index (χ4n) is 25.7. The summed E-state index contributed by atoms with van der Waals surface area (Å²) in [5.74, 6) is 11.7. The largest absolute Gasteiger partial charge is 0.207 e. The highest BCUT2D eigenvalue weighted by atomic mass is 19.1. The second-order valence-corrected chi connectivity index (χ2v) is 42.9. The quantitative estimate of drug-likeness (QED) is 0.0291. The summed E-state index contributed by atoms with van der Waals surface area (Å²) >= 11 is 0. The summed E-state index contributed by atoms with van der Waals surface area (Å²) in [5.41, 5.74) is 18.3. The van der Waals surface area contributed by atoms with Gasteiger partial charge in [0.25, 0.3) is 0 Å². The minimum absolute atomic E-state index is 0.00286. The van der Waals surface area contributed by atoms with Crippen molar-refractivity contribution in [1.29, 1.82) is 0 Å². The standard InChI is InChI=1S/C32H45F.2C31H43F.C30H41F/c1-3-5-6-8-25-9-13-26(14-10-25)27-17-19-28(20-18-27)30-21-22-31(32(33)23-30)29-15-11-24(7-4-2)12-16-29;1-3-5-6-7-24-10-12-25(13-11-24)26-16-18-27(19-17-26)29-20-21-30(31(32)22-29)28-14-8-23(4-2)9-15-28;1-3-5-7-24-8-12-25(13-9-24)26-16-18-27(19-17-26)29-20-21-30(31(32)22-29)28-14-10-23(6-4-2)11-15-28;1-3-5-22-7-11-24(12-8-22)25-15-17-26(18-16-25)28-19-20-29(30(31)21-28)27-13-9-23(6-4-2)10-14-27/h17-26,29H,3-16H2,1-2H3;2*16-25,28H,3-15H2,1-2H3;15-24,27H,3-14H2,1-2H3. The third kappa shape index (κ3) is 28.8. The first-order valence-corrected chi connectivity index (χ1v) is 54.3. The van der Waals surface area contributed by atoms with Gasteiger partial charge in [-0.15, -0.1) is 0 Å². The predicted octanol–water partition coefficient (Wildman–Crippen LogP) is 40.1. The number of halogens is 4. The highest BCUT2D eigenvalue weighted by Crippen LogP contribution is 2.48. The van der Waals surface area contributed by atoms with Gasteiger partial charge in [0, 0.05) is 0 Å². The van der Waals surface area contributed by atoms with Gasteiger partial charge in [0.2, 0.25) is 0 Å². The van der Waals surface area contributed by atoms with Gasteiger partial charge in [-0.25, -0.2) is 17.6 Å². The van der Waals surface area contributed by atoms with E-state index in [9.17, 15) is 0 Å². The van der Waals surface area contributed by atoms with E-state index in [0.29, 0.717) is 47.3 Å². The Morgan fingerprint density at radius 2 is 0.352 bits per heavy atom. The smallest absolute Gasteiger partial charge is 0.127 e. The minimum atomic E-state index is -0.00656. The van der Waals surface area contributed by atoms with Crippen molar-refractivity contribution in [3.05, 3.63) is 238 Å². The Morgan fingerprint density at radius 1 is 0.172 bits per heavy atom. The molecule has 0 N–H and O–H groups in total. The van der Waals surface area contributed by atoms with E-state index in [1.54, 1.807) is 24.3 Å². The summed E-state index contributed by atoms with van der Waals surface area (Å²) < 4.78 is 60.2. The summed E-state index contributed by atoms with van der Waals surface area (Å²) in [5, 5.41) is 0. The molecular formula is C124H172F4. The molecule has 0 atom stereocenters. The third-order valence-corrected chi connectivity index (χ3v) is 34.2. The Kier molecular flexibility index (Phi) is 40.4. The van der Waals surface area contributed by atoms with E-state index >= 15 is 17.6 Å². The second kappa shape index (κ2) is 52.2. The molecule has 8 saturated carbocycles. The molecular weight excluding hydrogens is 1570 g/mol. The zero-order chi connectivity index (χ0) is 89.4. The second-order valence-electron chi connectivity index (χ2n) is 42.9. The van der Waals surface area contributed by atoms with Crippen LogP contribution in [0.2, 0.25) is 0 Å². The van der Waals surface area contributed by atoms with Crippen LogP contribution in [0.25, 0.3) is 44.5 Å². The maximum atomic E-state index is 15.1. The minimum Gasteiger partial charge on any atom is -0.207 e. The van der Waals surface area contributed by atoms with Crippen LogP contribution in [0, 0.1) is 70.6 Å². The molecule has 0 nitrogen and oxygen atoms in total. The first-order valence-electron chi connectivity index (χ1n) is 54.3. The van der Waals surface area contributed by atoms with Gasteiger partial charge in [-0.3, -0.25) is 0 Å². The van der Waals surface area contributed by atoms with Crippen LogP contribution < -0.4 is 0 Å². The molecule has 0 radical (unpaired) electrons. The Hall–Kier alpha value is -6.52. The molecule has 8 aromatic rings. The third-order valence-electron chi connectivity index (χ3n) is 34.2. The molecule has 4 heteroatoms. The van der Waals surface area contributed by atoms with Crippen molar-refractivity contribution in [1.82, 2.24) is 0 Å². The fraction of sp³-hybridized carbons (Fsp3) is 0.613. The summed E-state index contributed by atoms with van der Waals surface area (Å²) in [4.78, 5) is 0. The lowest BCUT2D eigenvalue weighted by atomic mass is 9.76. The lowest BCUT2D eigenvalue weighted by molar-refractivity contribution is 0.303. The molecule has 0 amide bonds. The molecule has 0 heterocycles. The predicted molar refractivity (Wildman–Crippen MR) is 543 cm³/mol. The molecule has 0 saturated heterocycles. The van der Waals surface area contributed by atoms with Gasteiger partial charge in [0.1, 0.15) is 23.3 Å². The number of hydrogen-bond donors (Lipinski definition) is 0. The molecule has 0 aromatic heterocycles. The molecule has 16 rings (SSSR count). The van der Waals surface area contributed by atoms with Crippen molar-refractivity contribution in [3.8, 4) is 44.5 Å². The van der Waals surface area contributed by atoms with E-state index in [1.807, 2.05) is 0 Å². The van der Waals surface area contributed by atoms with E-state index in [-0.39, 0.29) is 23.3 Å². The van der Waals surface area contributed by atoms with E-state index in [4.69, 9.17) is 0 Å². The average Bonchev–Trinajstić information content (AvgIpc) is 0.818. The molecule has 0 bridgehead atoms. The topological polar surface area (TPSA) is 0 Å². The Labute approximate surface area is 778 Å². The first-order chi connectivity index (χ1) is 62.7. The van der Waals surface area contributed by atoms with Gasteiger partial charge < -0.3 is 0 Å². The maximum absolute atomic E-state index is 15.1. The summed E-state index contributed by atoms with van der Waals surface area (Å²) in [6, 6.07) is 60.0. The van der Waals surface area contributed by atoms with Crippen LogP contribution in [0.1, 0.15) is 481 Å². The van der Waals surface area contributed by atoms with E-state index in [1.165, 1.54) is 305 Å². The van der Waals surface area contributed by atoms with Crippen molar-refractivity contribution >= 4 is 0 Å². The Bertz CT molecular complexity index is 4420.